The third-order valence-corrected chi connectivity index (χ3v) is 4.67. The largest absolute Gasteiger partial charge is 0.339 e. The van der Waals surface area contributed by atoms with E-state index in [-0.39, 0.29) is 11.0 Å². The molecule has 2 aromatic rings. The Labute approximate surface area is 179 Å². The first-order chi connectivity index (χ1) is 12.6. The van der Waals surface area contributed by atoms with Gasteiger partial charge in [0.1, 0.15) is 6.17 Å². The number of aryl methyl sites for hydroxylation is 3. The topological polar surface area (TPSA) is 53.2 Å². The fourth-order valence-electron chi connectivity index (χ4n) is 2.36. The number of halogens is 3. The van der Waals surface area contributed by atoms with E-state index in [1.54, 1.807) is 18.2 Å². The molecule has 8 heteroatoms. The molecule has 1 unspecified atom stereocenters. The van der Waals surface area contributed by atoms with Gasteiger partial charge < -0.3 is 16.0 Å². The minimum Gasteiger partial charge on any atom is -0.339 e. The van der Waals surface area contributed by atoms with Crippen LogP contribution in [-0.4, -0.2) is 21.0 Å². The summed E-state index contributed by atoms with van der Waals surface area (Å²) < 4.78 is -1.81. The van der Waals surface area contributed by atoms with Gasteiger partial charge in [-0.25, -0.2) is 0 Å². The lowest BCUT2D eigenvalue weighted by atomic mass is 10.1. The lowest BCUT2D eigenvalue weighted by Crippen LogP contribution is -2.56. The predicted molar refractivity (Wildman–Crippen MR) is 118 cm³/mol. The molecule has 2 aromatic carbocycles. The van der Waals surface area contributed by atoms with Gasteiger partial charge in [0.05, 0.1) is 0 Å². The number of amides is 1. The molecule has 0 aliphatic heterocycles. The summed E-state index contributed by atoms with van der Waals surface area (Å²) in [6.45, 7) is 5.83. The van der Waals surface area contributed by atoms with E-state index in [4.69, 9.17) is 47.0 Å². The van der Waals surface area contributed by atoms with E-state index in [1.165, 1.54) is 0 Å². The molecule has 0 heterocycles. The van der Waals surface area contributed by atoms with Crippen LogP contribution in [0.5, 0.6) is 0 Å². The fraction of sp³-hybridized carbons (Fsp3) is 0.263. The normalized spacial score (nSPS) is 12.2. The Morgan fingerprint density at radius 2 is 1.67 bits per heavy atom. The minimum absolute atomic E-state index is 0.226. The summed E-state index contributed by atoms with van der Waals surface area (Å²) in [4.78, 5) is 12.5. The van der Waals surface area contributed by atoms with Crippen LogP contribution in [0.2, 0.25) is 0 Å². The van der Waals surface area contributed by atoms with Gasteiger partial charge in [-0.2, -0.15) is 0 Å². The lowest BCUT2D eigenvalue weighted by Gasteiger charge is -2.28. The van der Waals surface area contributed by atoms with Gasteiger partial charge in [0.15, 0.2) is 5.11 Å². The summed E-state index contributed by atoms with van der Waals surface area (Å²) in [5, 5.41) is 8.83. The van der Waals surface area contributed by atoms with Crippen molar-refractivity contribution in [1.82, 2.24) is 10.6 Å². The number of hydrogen-bond donors (Lipinski definition) is 3. The van der Waals surface area contributed by atoms with Crippen LogP contribution in [-0.2, 0) is 0 Å². The SMILES string of the molecule is Cc1cccc(C(=O)NC(NC(=S)Nc2cc(C)ccc2C)C(Cl)(Cl)Cl)c1. The van der Waals surface area contributed by atoms with Gasteiger partial charge in [-0.15, -0.1) is 0 Å². The van der Waals surface area contributed by atoms with Gasteiger partial charge in [0.25, 0.3) is 5.91 Å². The van der Waals surface area contributed by atoms with Crippen LogP contribution in [0.1, 0.15) is 27.0 Å². The Hall–Kier alpha value is -1.53. The Kier molecular flexibility index (Phi) is 7.34. The van der Waals surface area contributed by atoms with Gasteiger partial charge >= 0.3 is 0 Å². The van der Waals surface area contributed by atoms with Crippen molar-refractivity contribution in [3.8, 4) is 0 Å². The minimum atomic E-state index is -1.81. The van der Waals surface area contributed by atoms with Crippen LogP contribution in [0.15, 0.2) is 42.5 Å². The Balaban J connectivity index is 2.11. The molecule has 0 saturated carbocycles. The van der Waals surface area contributed by atoms with Crippen LogP contribution < -0.4 is 16.0 Å². The second-order valence-corrected chi connectivity index (χ2v) is 9.01. The van der Waals surface area contributed by atoms with E-state index < -0.39 is 9.96 Å². The van der Waals surface area contributed by atoms with Crippen molar-refractivity contribution in [1.29, 1.82) is 0 Å². The van der Waals surface area contributed by atoms with Crippen molar-refractivity contribution in [3.63, 3.8) is 0 Å². The number of nitrogens with one attached hydrogen (secondary N) is 3. The molecule has 0 aliphatic carbocycles. The molecular formula is C19H20Cl3N3OS. The molecule has 0 saturated heterocycles. The first-order valence-corrected chi connectivity index (χ1v) is 9.69. The lowest BCUT2D eigenvalue weighted by molar-refractivity contribution is 0.0934. The van der Waals surface area contributed by atoms with E-state index in [0.29, 0.717) is 5.56 Å². The molecule has 0 radical (unpaired) electrons. The molecule has 1 atom stereocenters. The smallest absolute Gasteiger partial charge is 0.252 e. The number of benzene rings is 2. The van der Waals surface area contributed by atoms with Crippen LogP contribution in [0.25, 0.3) is 0 Å². The summed E-state index contributed by atoms with van der Waals surface area (Å²) in [5.74, 6) is -0.378. The molecule has 0 fully saturated rings. The summed E-state index contributed by atoms with van der Waals surface area (Å²) in [5.41, 5.74) is 4.34. The maximum atomic E-state index is 12.5. The van der Waals surface area contributed by atoms with Crippen LogP contribution >= 0.6 is 47.0 Å². The average Bonchev–Trinajstić information content (AvgIpc) is 2.56. The first-order valence-electron chi connectivity index (χ1n) is 8.15. The molecule has 0 aliphatic rings. The zero-order valence-electron chi connectivity index (χ0n) is 15.1. The summed E-state index contributed by atoms with van der Waals surface area (Å²) in [6.07, 6.45) is -1.03. The van der Waals surface area contributed by atoms with E-state index in [1.807, 2.05) is 45.0 Å². The van der Waals surface area contributed by atoms with E-state index >= 15 is 0 Å². The highest BCUT2D eigenvalue weighted by atomic mass is 35.6. The van der Waals surface area contributed by atoms with E-state index in [9.17, 15) is 4.79 Å². The quantitative estimate of drug-likeness (QED) is 0.352. The van der Waals surface area contributed by atoms with Crippen molar-refractivity contribution in [3.05, 3.63) is 64.7 Å². The Morgan fingerprint density at radius 3 is 2.30 bits per heavy atom. The van der Waals surface area contributed by atoms with Crippen molar-refractivity contribution in [2.75, 3.05) is 5.32 Å². The number of anilines is 1. The van der Waals surface area contributed by atoms with Gasteiger partial charge in [0.2, 0.25) is 3.79 Å². The van der Waals surface area contributed by atoms with Crippen LogP contribution in [0.3, 0.4) is 0 Å². The Bertz CT molecular complexity index is 852. The third kappa shape index (κ3) is 6.54. The van der Waals surface area contributed by atoms with Crippen molar-refractivity contribution < 1.29 is 4.79 Å². The van der Waals surface area contributed by atoms with Crippen LogP contribution in [0, 0.1) is 20.8 Å². The van der Waals surface area contributed by atoms with Crippen molar-refractivity contribution in [2.24, 2.45) is 0 Å². The molecular weight excluding hydrogens is 425 g/mol. The van der Waals surface area contributed by atoms with Gasteiger partial charge in [0, 0.05) is 11.3 Å². The number of hydrogen-bond acceptors (Lipinski definition) is 2. The van der Waals surface area contributed by atoms with E-state index in [2.05, 4.69) is 16.0 Å². The van der Waals surface area contributed by atoms with Gasteiger partial charge in [-0.3, -0.25) is 4.79 Å². The summed E-state index contributed by atoms with van der Waals surface area (Å²) in [7, 11) is 0. The second-order valence-electron chi connectivity index (χ2n) is 6.23. The number of thiocarbonyl (C=S) groups is 1. The average molecular weight is 445 g/mol. The Morgan fingerprint density at radius 1 is 1.00 bits per heavy atom. The molecule has 1 amide bonds. The highest BCUT2D eigenvalue weighted by Crippen LogP contribution is 2.29. The van der Waals surface area contributed by atoms with Gasteiger partial charge in [-0.05, 0) is 62.3 Å². The number of carbonyl (C=O) groups is 1. The maximum absolute atomic E-state index is 12.5. The summed E-state index contributed by atoms with van der Waals surface area (Å²) in [6, 6.07) is 13.1. The summed E-state index contributed by atoms with van der Waals surface area (Å²) >= 11 is 23.4. The predicted octanol–water partition coefficient (Wildman–Crippen LogP) is 5.02. The highest BCUT2D eigenvalue weighted by molar-refractivity contribution is 7.80. The fourth-order valence-corrected chi connectivity index (χ4v) is 2.92. The maximum Gasteiger partial charge on any atom is 0.252 e. The molecule has 4 nitrogen and oxygen atoms in total. The molecule has 0 bridgehead atoms. The van der Waals surface area contributed by atoms with Crippen molar-refractivity contribution in [2.45, 2.75) is 30.7 Å². The third-order valence-electron chi connectivity index (χ3n) is 3.80. The monoisotopic (exact) mass is 443 g/mol. The number of carbonyl (C=O) groups excluding carboxylic acids is 1. The number of alkyl halides is 3. The van der Waals surface area contributed by atoms with E-state index in [0.717, 1.165) is 22.4 Å². The molecule has 0 spiro atoms. The first kappa shape index (κ1) is 21.8. The molecule has 3 N–H and O–H groups in total. The second kappa shape index (κ2) is 9.11. The van der Waals surface area contributed by atoms with Gasteiger partial charge in [-0.1, -0.05) is 64.6 Å². The highest BCUT2D eigenvalue weighted by Gasteiger charge is 2.35. The molecule has 27 heavy (non-hydrogen) atoms. The molecule has 2 rings (SSSR count). The molecule has 0 aromatic heterocycles. The zero-order valence-corrected chi connectivity index (χ0v) is 18.2. The number of rotatable bonds is 4. The standard InChI is InChI=1S/C19H20Cl3N3OS/c1-11-5-4-6-14(9-11)16(26)24-17(19(20,21)22)25-18(27)23-15-10-12(2)7-8-13(15)3/h4-10,17H,1-3H3,(H,24,26)(H2,23,25,27). The van der Waals surface area contributed by atoms with Crippen LogP contribution in [0.4, 0.5) is 5.69 Å². The zero-order chi connectivity index (χ0) is 20.2. The molecule has 144 valence electrons. The van der Waals surface area contributed by atoms with Crippen molar-refractivity contribution >= 4 is 63.7 Å².